The molecule has 2 aromatic rings. The summed E-state index contributed by atoms with van der Waals surface area (Å²) >= 11 is 0. The molecule has 0 saturated heterocycles. The van der Waals surface area contributed by atoms with Crippen molar-refractivity contribution in [3.05, 3.63) is 28.7 Å². The minimum absolute atomic E-state index is 0.0164. The minimum atomic E-state index is -0.398. The van der Waals surface area contributed by atoms with E-state index in [4.69, 9.17) is 9.15 Å². The lowest BCUT2D eigenvalue weighted by Crippen LogP contribution is -2.17. The van der Waals surface area contributed by atoms with Gasteiger partial charge in [0, 0.05) is 24.9 Å². The van der Waals surface area contributed by atoms with Gasteiger partial charge in [-0.15, -0.1) is 0 Å². The van der Waals surface area contributed by atoms with Crippen LogP contribution in [-0.4, -0.2) is 24.2 Å². The molecular formula is C13H16N2O4. The standard InChI is InChI=1S/C13H16N2O4/c1-8(2)15-10-5-4-9(14-12(16)7-18-3)6-11(10)19-13(15)17/h4-6,8H,7H2,1-3H3,(H,14,16). The van der Waals surface area contributed by atoms with Gasteiger partial charge in [-0.1, -0.05) is 0 Å². The number of hydrogen-bond donors (Lipinski definition) is 1. The monoisotopic (exact) mass is 264 g/mol. The van der Waals surface area contributed by atoms with Crippen molar-refractivity contribution in [3.63, 3.8) is 0 Å². The molecule has 0 unspecified atom stereocenters. The fraction of sp³-hybridized carbons (Fsp3) is 0.385. The molecule has 0 aliphatic rings. The van der Waals surface area contributed by atoms with Crippen molar-refractivity contribution in [1.82, 2.24) is 4.57 Å². The Balaban J connectivity index is 2.37. The smallest absolute Gasteiger partial charge is 0.408 e. The summed E-state index contributed by atoms with van der Waals surface area (Å²) in [6.07, 6.45) is 0. The zero-order valence-corrected chi connectivity index (χ0v) is 11.1. The van der Waals surface area contributed by atoms with E-state index in [0.717, 1.165) is 0 Å². The molecule has 1 amide bonds. The third-order valence-electron chi connectivity index (χ3n) is 2.69. The number of amides is 1. The second-order valence-electron chi connectivity index (χ2n) is 4.50. The van der Waals surface area contributed by atoms with Crippen LogP contribution in [0, 0.1) is 0 Å². The molecule has 102 valence electrons. The second-order valence-corrected chi connectivity index (χ2v) is 4.50. The first-order chi connectivity index (χ1) is 9.02. The zero-order chi connectivity index (χ0) is 14.0. The van der Waals surface area contributed by atoms with Crippen molar-refractivity contribution < 1.29 is 13.9 Å². The maximum Gasteiger partial charge on any atom is 0.420 e. The number of carbonyl (C=O) groups is 1. The van der Waals surface area contributed by atoms with Gasteiger partial charge in [0.2, 0.25) is 5.91 Å². The van der Waals surface area contributed by atoms with E-state index in [-0.39, 0.29) is 18.6 Å². The molecule has 0 aliphatic heterocycles. The van der Waals surface area contributed by atoms with Gasteiger partial charge in [0.25, 0.3) is 0 Å². The number of nitrogens with zero attached hydrogens (tertiary/aromatic N) is 1. The molecular weight excluding hydrogens is 248 g/mol. The molecule has 6 nitrogen and oxygen atoms in total. The van der Waals surface area contributed by atoms with Crippen molar-refractivity contribution in [3.8, 4) is 0 Å². The van der Waals surface area contributed by atoms with Gasteiger partial charge in [0.05, 0.1) is 5.52 Å². The number of aromatic nitrogens is 1. The van der Waals surface area contributed by atoms with E-state index >= 15 is 0 Å². The van der Waals surface area contributed by atoms with Crippen LogP contribution in [0.4, 0.5) is 5.69 Å². The Bertz CT molecular complexity index is 654. The Morgan fingerprint density at radius 2 is 2.21 bits per heavy atom. The van der Waals surface area contributed by atoms with Gasteiger partial charge >= 0.3 is 5.76 Å². The third-order valence-corrected chi connectivity index (χ3v) is 2.69. The molecule has 0 fully saturated rings. The summed E-state index contributed by atoms with van der Waals surface area (Å²) < 4.78 is 11.5. The first-order valence-corrected chi connectivity index (χ1v) is 5.97. The highest BCUT2D eigenvalue weighted by atomic mass is 16.5. The van der Waals surface area contributed by atoms with Crippen LogP contribution in [0.15, 0.2) is 27.4 Å². The Morgan fingerprint density at radius 3 is 2.84 bits per heavy atom. The number of benzene rings is 1. The highest BCUT2D eigenvalue weighted by Gasteiger charge is 2.12. The molecule has 0 saturated carbocycles. The summed E-state index contributed by atoms with van der Waals surface area (Å²) in [5, 5.41) is 2.66. The summed E-state index contributed by atoms with van der Waals surface area (Å²) in [4.78, 5) is 23.1. The summed E-state index contributed by atoms with van der Waals surface area (Å²) in [6.45, 7) is 3.80. The van der Waals surface area contributed by atoms with E-state index < -0.39 is 5.76 Å². The van der Waals surface area contributed by atoms with E-state index in [1.807, 2.05) is 13.8 Å². The van der Waals surface area contributed by atoms with Crippen LogP contribution < -0.4 is 11.1 Å². The van der Waals surface area contributed by atoms with Gasteiger partial charge in [-0.05, 0) is 26.0 Å². The number of ether oxygens (including phenoxy) is 1. The normalized spacial score (nSPS) is 11.2. The molecule has 19 heavy (non-hydrogen) atoms. The first kappa shape index (κ1) is 13.4. The van der Waals surface area contributed by atoms with E-state index in [2.05, 4.69) is 5.32 Å². The van der Waals surface area contributed by atoms with Crippen LogP contribution >= 0.6 is 0 Å². The fourth-order valence-corrected chi connectivity index (χ4v) is 1.93. The van der Waals surface area contributed by atoms with Gasteiger partial charge in [-0.2, -0.15) is 0 Å². The largest absolute Gasteiger partial charge is 0.420 e. The lowest BCUT2D eigenvalue weighted by atomic mass is 10.2. The lowest BCUT2D eigenvalue weighted by molar-refractivity contribution is -0.119. The van der Waals surface area contributed by atoms with Crippen LogP contribution in [0.1, 0.15) is 19.9 Å². The number of oxazole rings is 1. The number of rotatable bonds is 4. The summed E-state index contributed by atoms with van der Waals surface area (Å²) in [7, 11) is 1.45. The van der Waals surface area contributed by atoms with Crippen LogP contribution in [0.2, 0.25) is 0 Å². The SMILES string of the molecule is COCC(=O)Nc1ccc2c(c1)oc(=O)n2C(C)C. The Labute approximate surface area is 110 Å². The van der Waals surface area contributed by atoms with Crippen LogP contribution in [-0.2, 0) is 9.53 Å². The first-order valence-electron chi connectivity index (χ1n) is 5.97. The molecule has 6 heteroatoms. The molecule has 1 aromatic carbocycles. The second kappa shape index (κ2) is 5.27. The zero-order valence-electron chi connectivity index (χ0n) is 11.1. The molecule has 1 aromatic heterocycles. The number of hydrogen-bond acceptors (Lipinski definition) is 4. The number of methoxy groups -OCH3 is 1. The maximum atomic E-state index is 11.7. The number of carbonyl (C=O) groups excluding carboxylic acids is 1. The van der Waals surface area contributed by atoms with Gasteiger partial charge in [-0.25, -0.2) is 4.79 Å². The summed E-state index contributed by atoms with van der Waals surface area (Å²) in [5.41, 5.74) is 1.73. The molecule has 0 spiro atoms. The fourth-order valence-electron chi connectivity index (χ4n) is 1.93. The van der Waals surface area contributed by atoms with Gasteiger partial charge < -0.3 is 14.5 Å². The lowest BCUT2D eigenvalue weighted by Gasteiger charge is -2.06. The Hall–Kier alpha value is -2.08. The molecule has 0 bridgehead atoms. The predicted octanol–water partition coefficient (Wildman–Crippen LogP) is 1.76. The van der Waals surface area contributed by atoms with Gasteiger partial charge in [0.1, 0.15) is 6.61 Å². The summed E-state index contributed by atoms with van der Waals surface area (Å²) in [6, 6.07) is 5.12. The van der Waals surface area contributed by atoms with Crippen molar-refractivity contribution in [2.45, 2.75) is 19.9 Å². The van der Waals surface area contributed by atoms with Crippen molar-refractivity contribution in [1.29, 1.82) is 0 Å². The van der Waals surface area contributed by atoms with E-state index in [1.165, 1.54) is 7.11 Å². The van der Waals surface area contributed by atoms with Crippen molar-refractivity contribution >= 4 is 22.7 Å². The molecule has 0 radical (unpaired) electrons. The Kier molecular flexibility index (Phi) is 3.71. The van der Waals surface area contributed by atoms with Crippen molar-refractivity contribution in [2.24, 2.45) is 0 Å². The van der Waals surface area contributed by atoms with Crippen LogP contribution in [0.25, 0.3) is 11.1 Å². The quantitative estimate of drug-likeness (QED) is 0.913. The maximum absolute atomic E-state index is 11.7. The topological polar surface area (TPSA) is 73.5 Å². The third kappa shape index (κ3) is 2.68. The number of fused-ring (bicyclic) bond motifs is 1. The Morgan fingerprint density at radius 1 is 1.47 bits per heavy atom. The van der Waals surface area contributed by atoms with Gasteiger partial charge in [-0.3, -0.25) is 9.36 Å². The molecule has 0 atom stereocenters. The average Bonchev–Trinajstić information content (AvgIpc) is 2.64. The number of nitrogens with one attached hydrogen (secondary N) is 1. The van der Waals surface area contributed by atoms with Gasteiger partial charge in [0.15, 0.2) is 5.58 Å². The highest BCUT2D eigenvalue weighted by Crippen LogP contribution is 2.20. The number of anilines is 1. The van der Waals surface area contributed by atoms with Crippen LogP contribution in [0.5, 0.6) is 0 Å². The highest BCUT2D eigenvalue weighted by molar-refractivity contribution is 5.93. The van der Waals surface area contributed by atoms with E-state index in [0.29, 0.717) is 16.8 Å². The molecule has 1 heterocycles. The van der Waals surface area contributed by atoms with Crippen LogP contribution in [0.3, 0.4) is 0 Å². The molecule has 0 aliphatic carbocycles. The molecule has 2 rings (SSSR count). The minimum Gasteiger partial charge on any atom is -0.408 e. The van der Waals surface area contributed by atoms with E-state index in [9.17, 15) is 9.59 Å². The van der Waals surface area contributed by atoms with E-state index in [1.54, 1.807) is 22.8 Å². The van der Waals surface area contributed by atoms with Crippen molar-refractivity contribution in [2.75, 3.05) is 19.0 Å². The average molecular weight is 264 g/mol. The summed E-state index contributed by atoms with van der Waals surface area (Å²) in [5.74, 6) is -0.655. The molecule has 1 N–H and O–H groups in total. The predicted molar refractivity (Wildman–Crippen MR) is 71.4 cm³/mol.